The van der Waals surface area contributed by atoms with E-state index in [4.69, 9.17) is 0 Å². The molecule has 0 spiro atoms. The van der Waals surface area contributed by atoms with E-state index in [1.165, 1.54) is 34.9 Å². The van der Waals surface area contributed by atoms with Gasteiger partial charge in [-0.05, 0) is 60.9 Å². The quantitative estimate of drug-likeness (QED) is 0.522. The van der Waals surface area contributed by atoms with E-state index in [9.17, 15) is 33.0 Å². The van der Waals surface area contributed by atoms with Gasteiger partial charge in [0.1, 0.15) is 11.5 Å². The van der Waals surface area contributed by atoms with E-state index in [0.717, 1.165) is 12.1 Å². The Morgan fingerprint density at radius 3 is 2.28 bits per heavy atom. The Balaban J connectivity index is 2.16. The lowest BCUT2D eigenvalue weighted by molar-refractivity contribution is -0.274. The summed E-state index contributed by atoms with van der Waals surface area (Å²) in [6, 6.07) is 8.79. The molecule has 170 valence electrons. The van der Waals surface area contributed by atoms with Gasteiger partial charge in [-0.15, -0.1) is 13.2 Å². The Kier molecular flexibility index (Phi) is 6.20. The van der Waals surface area contributed by atoms with Gasteiger partial charge in [-0.1, -0.05) is 20.3 Å². The molecule has 0 aliphatic carbocycles. The van der Waals surface area contributed by atoms with Crippen molar-refractivity contribution < 1.29 is 37.7 Å². The number of carboxylic acids is 1. The molecule has 3 rings (SSSR count). The summed E-state index contributed by atoms with van der Waals surface area (Å²) in [4.78, 5) is 25.4. The molecule has 1 heterocycles. The highest BCUT2D eigenvalue weighted by molar-refractivity contribution is 6.05. The van der Waals surface area contributed by atoms with Crippen LogP contribution in [0.3, 0.4) is 0 Å². The highest BCUT2D eigenvalue weighted by Gasteiger charge is 2.33. The van der Waals surface area contributed by atoms with Crippen LogP contribution in [0.4, 0.5) is 13.2 Å². The van der Waals surface area contributed by atoms with Crippen molar-refractivity contribution in [1.29, 1.82) is 0 Å². The van der Waals surface area contributed by atoms with Crippen LogP contribution in [0.15, 0.2) is 42.5 Å². The molecule has 6 nitrogen and oxygen atoms in total. The molecule has 0 aliphatic rings. The second kappa shape index (κ2) is 8.57. The van der Waals surface area contributed by atoms with Crippen molar-refractivity contribution in [3.8, 4) is 11.5 Å². The molecule has 0 radical (unpaired) electrons. The van der Waals surface area contributed by atoms with Crippen molar-refractivity contribution in [2.45, 2.75) is 39.5 Å². The normalized spacial score (nSPS) is 13.7. The summed E-state index contributed by atoms with van der Waals surface area (Å²) in [5, 5.41) is 20.3. The summed E-state index contributed by atoms with van der Waals surface area (Å²) < 4.78 is 42.4. The van der Waals surface area contributed by atoms with E-state index >= 15 is 0 Å². The fourth-order valence-electron chi connectivity index (χ4n) is 3.90. The summed E-state index contributed by atoms with van der Waals surface area (Å²) in [6.07, 6.45) is -4.27. The Morgan fingerprint density at radius 1 is 1.12 bits per heavy atom. The third-order valence-electron chi connectivity index (χ3n) is 5.56. The molecule has 2 aromatic carbocycles. The van der Waals surface area contributed by atoms with Crippen LogP contribution in [0.1, 0.15) is 47.8 Å². The van der Waals surface area contributed by atoms with Gasteiger partial charge in [0, 0.05) is 16.6 Å². The maximum absolute atomic E-state index is 13.3. The second-order valence-corrected chi connectivity index (χ2v) is 7.61. The standard InChI is InChI=1S/C23H22F3NO5/c1-4-12(2)19(22(30)31)20-13(3)27(18-10-7-15(28)11-17(18)20)21(29)14-5-8-16(9-6-14)32-23(24,25)26/h5-12,19,28H,4H2,1-3H3,(H,30,31)/t12-,19?/m0/s1. The molecule has 0 saturated carbocycles. The Hall–Kier alpha value is -3.49. The number of carboxylic acid groups (broad SMARTS) is 1. The molecule has 0 amide bonds. The summed E-state index contributed by atoms with van der Waals surface area (Å²) >= 11 is 0. The van der Waals surface area contributed by atoms with Crippen LogP contribution < -0.4 is 4.74 Å². The van der Waals surface area contributed by atoms with Crippen LogP contribution in [0.5, 0.6) is 11.5 Å². The van der Waals surface area contributed by atoms with Crippen molar-refractivity contribution in [2.24, 2.45) is 5.92 Å². The molecular weight excluding hydrogens is 427 g/mol. The number of hydrogen-bond donors (Lipinski definition) is 2. The predicted octanol–water partition coefficient (Wildman–Crippen LogP) is 5.46. The Morgan fingerprint density at radius 2 is 1.75 bits per heavy atom. The van der Waals surface area contributed by atoms with E-state index in [2.05, 4.69) is 4.74 Å². The lowest BCUT2D eigenvalue weighted by Crippen LogP contribution is -2.21. The van der Waals surface area contributed by atoms with Crippen LogP contribution in [-0.2, 0) is 4.79 Å². The summed E-state index contributed by atoms with van der Waals surface area (Å²) in [5.74, 6) is -3.30. The molecule has 0 saturated heterocycles. The highest BCUT2D eigenvalue weighted by atomic mass is 19.4. The first-order valence-corrected chi connectivity index (χ1v) is 9.91. The topological polar surface area (TPSA) is 88.8 Å². The molecule has 0 aliphatic heterocycles. The zero-order chi connectivity index (χ0) is 23.8. The number of nitrogens with zero attached hydrogens (tertiary/aromatic N) is 1. The smallest absolute Gasteiger partial charge is 0.508 e. The summed E-state index contributed by atoms with van der Waals surface area (Å²) in [7, 11) is 0. The van der Waals surface area contributed by atoms with Crippen LogP contribution in [0.2, 0.25) is 0 Å². The van der Waals surface area contributed by atoms with E-state index in [1.807, 2.05) is 6.92 Å². The van der Waals surface area contributed by atoms with Crippen molar-refractivity contribution in [2.75, 3.05) is 0 Å². The maximum Gasteiger partial charge on any atom is 0.573 e. The van der Waals surface area contributed by atoms with E-state index in [-0.39, 0.29) is 17.2 Å². The van der Waals surface area contributed by atoms with Gasteiger partial charge in [-0.2, -0.15) is 0 Å². The van der Waals surface area contributed by atoms with Gasteiger partial charge in [-0.25, -0.2) is 0 Å². The zero-order valence-corrected chi connectivity index (χ0v) is 17.6. The molecule has 2 N–H and O–H groups in total. The number of aliphatic carboxylic acids is 1. The van der Waals surface area contributed by atoms with Gasteiger partial charge in [0.2, 0.25) is 0 Å². The largest absolute Gasteiger partial charge is 0.573 e. The minimum Gasteiger partial charge on any atom is -0.508 e. The fraction of sp³-hybridized carbons (Fsp3) is 0.304. The molecule has 32 heavy (non-hydrogen) atoms. The molecule has 1 aromatic heterocycles. The van der Waals surface area contributed by atoms with Gasteiger partial charge in [0.05, 0.1) is 11.4 Å². The molecule has 9 heteroatoms. The van der Waals surface area contributed by atoms with Crippen LogP contribution in [-0.4, -0.2) is 33.0 Å². The van der Waals surface area contributed by atoms with Gasteiger partial charge in [-0.3, -0.25) is 14.2 Å². The minimum atomic E-state index is -4.85. The number of rotatable bonds is 6. The number of aromatic hydroxyl groups is 1. The van der Waals surface area contributed by atoms with E-state index in [1.54, 1.807) is 13.8 Å². The third kappa shape index (κ3) is 4.42. The number of benzene rings is 2. The number of phenolic OH excluding ortho intramolecular Hbond substituents is 1. The number of carbonyl (C=O) groups excluding carboxylic acids is 1. The van der Waals surface area contributed by atoms with Gasteiger partial charge in [0.25, 0.3) is 5.91 Å². The number of carbonyl (C=O) groups is 2. The van der Waals surface area contributed by atoms with Crippen molar-refractivity contribution in [3.05, 3.63) is 59.3 Å². The molecule has 2 atom stereocenters. The predicted molar refractivity (Wildman–Crippen MR) is 111 cm³/mol. The molecule has 3 aromatic rings. The number of hydrogen-bond acceptors (Lipinski definition) is 4. The number of ether oxygens (including phenoxy) is 1. The maximum atomic E-state index is 13.3. The monoisotopic (exact) mass is 449 g/mol. The fourth-order valence-corrected chi connectivity index (χ4v) is 3.90. The van der Waals surface area contributed by atoms with Crippen molar-refractivity contribution in [3.63, 3.8) is 0 Å². The lowest BCUT2D eigenvalue weighted by atomic mass is 9.84. The molecule has 0 fully saturated rings. The Labute approximate surface area is 181 Å². The van der Waals surface area contributed by atoms with Crippen LogP contribution >= 0.6 is 0 Å². The number of phenols is 1. The minimum absolute atomic E-state index is 0.0784. The zero-order valence-electron chi connectivity index (χ0n) is 17.6. The first-order chi connectivity index (χ1) is 14.9. The van der Waals surface area contributed by atoms with Crippen molar-refractivity contribution in [1.82, 2.24) is 4.57 Å². The summed E-state index contributed by atoms with van der Waals surface area (Å²) in [5.41, 5.74) is 1.29. The average molecular weight is 449 g/mol. The lowest BCUT2D eigenvalue weighted by Gasteiger charge is -2.20. The molecule has 1 unspecified atom stereocenters. The first kappa shape index (κ1) is 23.2. The third-order valence-corrected chi connectivity index (χ3v) is 5.56. The van der Waals surface area contributed by atoms with Gasteiger partial charge < -0.3 is 14.9 Å². The molecular formula is C23H22F3NO5. The SMILES string of the molecule is CC[C@H](C)C(C(=O)O)c1c(C)n(C(=O)c2ccc(OC(F)(F)F)cc2)c2ccc(O)cc12. The summed E-state index contributed by atoms with van der Waals surface area (Å²) in [6.45, 7) is 5.28. The van der Waals surface area contributed by atoms with Gasteiger partial charge >= 0.3 is 12.3 Å². The van der Waals surface area contributed by atoms with Crippen LogP contribution in [0, 0.1) is 12.8 Å². The average Bonchev–Trinajstić information content (AvgIpc) is 2.98. The first-order valence-electron chi connectivity index (χ1n) is 9.91. The number of halogens is 3. The second-order valence-electron chi connectivity index (χ2n) is 7.61. The molecule has 0 bridgehead atoms. The van der Waals surface area contributed by atoms with E-state index in [0.29, 0.717) is 28.6 Å². The van der Waals surface area contributed by atoms with Gasteiger partial charge in [0.15, 0.2) is 0 Å². The number of aromatic nitrogens is 1. The highest BCUT2D eigenvalue weighted by Crippen LogP contribution is 2.39. The number of fused-ring (bicyclic) bond motifs is 1. The van der Waals surface area contributed by atoms with Crippen molar-refractivity contribution >= 4 is 22.8 Å². The number of alkyl halides is 3. The van der Waals surface area contributed by atoms with E-state index < -0.39 is 29.9 Å². The van der Waals surface area contributed by atoms with Crippen LogP contribution in [0.25, 0.3) is 10.9 Å². The Bertz CT molecular complexity index is 1170.